The SMILES string of the molecule is C=N.CC(C)C(Cc1ccccc1)C(=O)N1CCC[C@H]1C(=O)OC(C)(C)C. The molecule has 1 aromatic carbocycles. The van der Waals surface area contributed by atoms with Crippen molar-refractivity contribution < 1.29 is 14.3 Å². The van der Waals surface area contributed by atoms with Crippen LogP contribution in [-0.2, 0) is 20.7 Å². The predicted octanol–water partition coefficient (Wildman–Crippen LogP) is 4.10. The van der Waals surface area contributed by atoms with Crippen LogP contribution in [0.5, 0.6) is 0 Å². The quantitative estimate of drug-likeness (QED) is 0.623. The standard InChI is InChI=1S/C21H31NO3.CH3N/c1-15(2)17(14-16-10-7-6-8-11-16)19(23)22-13-9-12-18(22)20(24)25-21(3,4)5;1-2/h6-8,10-11,15,17-18H,9,12-14H2,1-5H3;2H,1H2/t17?,18-;/m0./s1. The molecule has 150 valence electrons. The number of ether oxygens (including phenoxy) is 1. The highest BCUT2D eigenvalue weighted by atomic mass is 16.6. The van der Waals surface area contributed by atoms with Crippen LogP contribution in [0.15, 0.2) is 30.3 Å². The van der Waals surface area contributed by atoms with Crippen molar-refractivity contribution in [1.82, 2.24) is 4.90 Å². The monoisotopic (exact) mass is 374 g/mol. The van der Waals surface area contributed by atoms with E-state index in [9.17, 15) is 9.59 Å². The highest BCUT2D eigenvalue weighted by molar-refractivity contribution is 5.87. The lowest BCUT2D eigenvalue weighted by Crippen LogP contribution is -2.47. The van der Waals surface area contributed by atoms with Crippen molar-refractivity contribution in [2.45, 2.75) is 65.5 Å². The Hall–Kier alpha value is -2.17. The molecule has 0 aliphatic carbocycles. The van der Waals surface area contributed by atoms with Gasteiger partial charge in [-0.05, 0) is 58.2 Å². The van der Waals surface area contributed by atoms with Gasteiger partial charge in [-0.15, -0.1) is 0 Å². The summed E-state index contributed by atoms with van der Waals surface area (Å²) in [5, 5.41) is 5.50. The molecule has 1 heterocycles. The van der Waals surface area contributed by atoms with E-state index in [0.717, 1.165) is 12.0 Å². The Bertz CT molecular complexity index is 608. The summed E-state index contributed by atoms with van der Waals surface area (Å²) in [5.41, 5.74) is 0.623. The van der Waals surface area contributed by atoms with Crippen molar-refractivity contribution in [2.24, 2.45) is 11.8 Å². The second-order valence-electron chi connectivity index (χ2n) is 8.26. The van der Waals surface area contributed by atoms with Crippen LogP contribution in [0.1, 0.15) is 53.0 Å². The Balaban J connectivity index is 0.00000176. The van der Waals surface area contributed by atoms with Gasteiger partial charge in [0.25, 0.3) is 0 Å². The molecule has 1 aromatic rings. The maximum absolute atomic E-state index is 13.2. The normalized spacial score (nSPS) is 17.9. The van der Waals surface area contributed by atoms with E-state index in [1.807, 2.05) is 39.0 Å². The van der Waals surface area contributed by atoms with Crippen molar-refractivity contribution in [3.63, 3.8) is 0 Å². The Morgan fingerprint density at radius 1 is 1.22 bits per heavy atom. The van der Waals surface area contributed by atoms with E-state index in [1.165, 1.54) is 0 Å². The zero-order chi connectivity index (χ0) is 20.6. The van der Waals surface area contributed by atoms with E-state index >= 15 is 0 Å². The van der Waals surface area contributed by atoms with Crippen molar-refractivity contribution >= 4 is 18.6 Å². The zero-order valence-electron chi connectivity index (χ0n) is 17.3. The van der Waals surface area contributed by atoms with Crippen molar-refractivity contribution in [2.75, 3.05) is 6.54 Å². The summed E-state index contributed by atoms with van der Waals surface area (Å²) in [7, 11) is 0. The molecule has 1 fully saturated rings. The molecule has 1 aliphatic rings. The third-order valence-corrected chi connectivity index (χ3v) is 4.64. The lowest BCUT2D eigenvalue weighted by atomic mass is 9.87. The maximum atomic E-state index is 13.2. The number of nitrogens with zero attached hydrogens (tertiary/aromatic N) is 1. The smallest absolute Gasteiger partial charge is 0.329 e. The average Bonchev–Trinajstić information content (AvgIpc) is 3.10. The zero-order valence-corrected chi connectivity index (χ0v) is 17.3. The van der Waals surface area contributed by atoms with E-state index in [1.54, 1.807) is 4.90 Å². The van der Waals surface area contributed by atoms with Gasteiger partial charge in [0.15, 0.2) is 0 Å². The summed E-state index contributed by atoms with van der Waals surface area (Å²) in [6.45, 7) is 12.9. The first-order valence-corrected chi connectivity index (χ1v) is 9.61. The molecule has 2 rings (SSSR count). The molecule has 0 spiro atoms. The molecule has 1 N–H and O–H groups in total. The number of nitrogens with one attached hydrogen (secondary N) is 1. The third-order valence-electron chi connectivity index (χ3n) is 4.64. The molecule has 1 saturated heterocycles. The minimum absolute atomic E-state index is 0.0761. The number of hydrogen-bond acceptors (Lipinski definition) is 4. The fourth-order valence-electron chi connectivity index (χ4n) is 3.33. The summed E-state index contributed by atoms with van der Waals surface area (Å²) in [4.78, 5) is 27.5. The van der Waals surface area contributed by atoms with Gasteiger partial charge < -0.3 is 15.0 Å². The highest BCUT2D eigenvalue weighted by Gasteiger charge is 2.39. The number of benzene rings is 1. The molecular weight excluding hydrogens is 340 g/mol. The van der Waals surface area contributed by atoms with Crippen LogP contribution in [-0.4, -0.2) is 41.7 Å². The van der Waals surface area contributed by atoms with Gasteiger partial charge in [-0.25, -0.2) is 4.79 Å². The van der Waals surface area contributed by atoms with Crippen LogP contribution in [0.2, 0.25) is 0 Å². The van der Waals surface area contributed by atoms with Crippen LogP contribution >= 0.6 is 0 Å². The number of carbonyl (C=O) groups is 2. The molecule has 1 unspecified atom stereocenters. The second kappa shape index (κ2) is 10.2. The van der Waals surface area contributed by atoms with E-state index in [2.05, 4.69) is 32.7 Å². The Labute approximate surface area is 163 Å². The summed E-state index contributed by atoms with van der Waals surface area (Å²) < 4.78 is 5.53. The van der Waals surface area contributed by atoms with Gasteiger partial charge in [-0.1, -0.05) is 44.2 Å². The highest BCUT2D eigenvalue weighted by Crippen LogP contribution is 2.27. The van der Waals surface area contributed by atoms with Crippen LogP contribution in [0.3, 0.4) is 0 Å². The Kier molecular flexibility index (Phi) is 8.67. The third kappa shape index (κ3) is 6.81. The van der Waals surface area contributed by atoms with Crippen LogP contribution in [0.4, 0.5) is 0 Å². The second-order valence-corrected chi connectivity index (χ2v) is 8.26. The molecule has 0 radical (unpaired) electrons. The Morgan fingerprint density at radius 2 is 1.81 bits per heavy atom. The number of carbonyl (C=O) groups excluding carboxylic acids is 2. The minimum atomic E-state index is -0.532. The van der Waals surface area contributed by atoms with Crippen LogP contribution in [0, 0.1) is 17.2 Å². The van der Waals surface area contributed by atoms with Crippen molar-refractivity contribution in [1.29, 1.82) is 5.41 Å². The summed E-state index contributed by atoms with van der Waals surface area (Å²) in [6, 6.07) is 9.64. The van der Waals surface area contributed by atoms with E-state index in [4.69, 9.17) is 10.1 Å². The van der Waals surface area contributed by atoms with Crippen molar-refractivity contribution in [3.8, 4) is 0 Å². The molecule has 5 heteroatoms. The predicted molar refractivity (Wildman–Crippen MR) is 109 cm³/mol. The Morgan fingerprint density at radius 3 is 2.33 bits per heavy atom. The van der Waals surface area contributed by atoms with Gasteiger partial charge in [0.1, 0.15) is 11.6 Å². The van der Waals surface area contributed by atoms with Crippen LogP contribution in [0.25, 0.3) is 0 Å². The number of rotatable bonds is 5. The van der Waals surface area contributed by atoms with Gasteiger partial charge in [-0.3, -0.25) is 4.79 Å². The first-order chi connectivity index (χ1) is 12.7. The molecule has 1 amide bonds. The van der Waals surface area contributed by atoms with E-state index in [-0.39, 0.29) is 23.7 Å². The molecular formula is C22H34N2O3. The molecule has 27 heavy (non-hydrogen) atoms. The summed E-state index contributed by atoms with van der Waals surface area (Å²) in [5.74, 6) is -0.106. The fraction of sp³-hybridized carbons (Fsp3) is 0.591. The topological polar surface area (TPSA) is 70.5 Å². The maximum Gasteiger partial charge on any atom is 0.329 e. The molecule has 0 saturated carbocycles. The largest absolute Gasteiger partial charge is 0.458 e. The molecule has 5 nitrogen and oxygen atoms in total. The first kappa shape index (κ1) is 22.9. The lowest BCUT2D eigenvalue weighted by molar-refractivity contribution is -0.164. The van der Waals surface area contributed by atoms with Gasteiger partial charge in [-0.2, -0.15) is 0 Å². The minimum Gasteiger partial charge on any atom is -0.458 e. The molecule has 1 aliphatic heterocycles. The number of hydrogen-bond donors (Lipinski definition) is 1. The average molecular weight is 375 g/mol. The van der Waals surface area contributed by atoms with Crippen LogP contribution < -0.4 is 0 Å². The molecule has 0 aromatic heterocycles. The van der Waals surface area contributed by atoms with E-state index < -0.39 is 11.6 Å². The van der Waals surface area contributed by atoms with E-state index in [0.29, 0.717) is 19.4 Å². The first-order valence-electron chi connectivity index (χ1n) is 9.61. The molecule has 2 atom stereocenters. The number of amides is 1. The van der Waals surface area contributed by atoms with Gasteiger partial charge >= 0.3 is 5.97 Å². The fourth-order valence-corrected chi connectivity index (χ4v) is 3.33. The van der Waals surface area contributed by atoms with Gasteiger partial charge in [0, 0.05) is 12.5 Å². The number of esters is 1. The number of likely N-dealkylation sites (tertiary alicyclic amines) is 1. The molecule has 0 bridgehead atoms. The van der Waals surface area contributed by atoms with Crippen molar-refractivity contribution in [3.05, 3.63) is 35.9 Å². The van der Waals surface area contributed by atoms with Gasteiger partial charge in [0.05, 0.1) is 0 Å². The summed E-state index contributed by atoms with van der Waals surface area (Å²) in [6.07, 6.45) is 2.25. The lowest BCUT2D eigenvalue weighted by Gasteiger charge is -2.31. The summed E-state index contributed by atoms with van der Waals surface area (Å²) >= 11 is 0. The van der Waals surface area contributed by atoms with Gasteiger partial charge in [0.2, 0.25) is 5.91 Å².